The lowest BCUT2D eigenvalue weighted by Gasteiger charge is -2.18. The maximum Gasteiger partial charge on any atom is 0.219 e. The van der Waals surface area contributed by atoms with Gasteiger partial charge >= 0.3 is 0 Å². The summed E-state index contributed by atoms with van der Waals surface area (Å²) in [6.45, 7) is 4.17. The first kappa shape index (κ1) is 25.9. The number of nitrogens with one attached hydrogen (secondary N) is 1. The van der Waals surface area contributed by atoms with Crippen molar-refractivity contribution in [3.63, 3.8) is 0 Å². The minimum absolute atomic E-state index is 0.0563. The number of carbonyl (C=O) groups is 1. The van der Waals surface area contributed by atoms with Crippen molar-refractivity contribution in [3.05, 3.63) is 89.5 Å². The Labute approximate surface area is 208 Å². The Morgan fingerprint density at radius 3 is 1.86 bits per heavy atom. The van der Waals surface area contributed by atoms with Crippen LogP contribution in [0.2, 0.25) is 0 Å². The second-order valence-corrected chi connectivity index (χ2v) is 8.67. The lowest BCUT2D eigenvalue weighted by molar-refractivity contribution is -0.120. The van der Waals surface area contributed by atoms with Gasteiger partial charge in [0.1, 0.15) is 17.2 Å². The highest BCUT2D eigenvalue weighted by Gasteiger charge is 2.14. The predicted molar refractivity (Wildman–Crippen MR) is 141 cm³/mol. The standard InChI is InChI=1S/C30H35NO4/c1-4-28(22-9-15-25(32)16-10-22)30(23-11-17-26(33)18-12-23)24-13-19-27(20-14-24)35-21(2)7-5-6-8-29(34)31-3/h9-21,32-33H,4-8H2,1-3H3,(H,31,34)/b30-28+. The Morgan fingerprint density at radius 2 is 1.34 bits per heavy atom. The van der Waals surface area contributed by atoms with E-state index < -0.39 is 0 Å². The first-order valence-electron chi connectivity index (χ1n) is 12.2. The molecule has 0 saturated carbocycles. The number of aromatic hydroxyl groups is 2. The molecule has 0 fully saturated rings. The molecule has 3 aromatic rings. The van der Waals surface area contributed by atoms with Crippen LogP contribution in [0.3, 0.4) is 0 Å². The average molecular weight is 474 g/mol. The second kappa shape index (κ2) is 12.7. The summed E-state index contributed by atoms with van der Waals surface area (Å²) in [5.74, 6) is 1.34. The van der Waals surface area contributed by atoms with E-state index in [1.165, 1.54) is 0 Å². The molecule has 5 nitrogen and oxygen atoms in total. The van der Waals surface area contributed by atoms with Crippen LogP contribution in [-0.4, -0.2) is 29.3 Å². The van der Waals surface area contributed by atoms with Gasteiger partial charge in [0.2, 0.25) is 5.91 Å². The van der Waals surface area contributed by atoms with Gasteiger partial charge in [0.15, 0.2) is 0 Å². The van der Waals surface area contributed by atoms with Crippen molar-refractivity contribution < 1.29 is 19.7 Å². The topological polar surface area (TPSA) is 78.8 Å². The average Bonchev–Trinajstić information content (AvgIpc) is 2.87. The van der Waals surface area contributed by atoms with E-state index in [2.05, 4.69) is 31.3 Å². The lowest BCUT2D eigenvalue weighted by Crippen LogP contribution is -2.17. The molecule has 0 heterocycles. The molecule has 3 aromatic carbocycles. The molecule has 0 spiro atoms. The number of benzene rings is 3. The first-order valence-corrected chi connectivity index (χ1v) is 12.2. The predicted octanol–water partition coefficient (Wildman–Crippen LogP) is 6.54. The summed E-state index contributed by atoms with van der Waals surface area (Å²) in [6, 6.07) is 22.6. The number of phenolic OH excluding ortho intramolecular Hbond substituents is 2. The third-order valence-corrected chi connectivity index (χ3v) is 6.05. The number of unbranched alkanes of at least 4 members (excludes halogenated alkanes) is 1. The summed E-state index contributed by atoms with van der Waals surface area (Å²) in [4.78, 5) is 11.4. The van der Waals surface area contributed by atoms with Gasteiger partial charge in [-0.3, -0.25) is 4.79 Å². The van der Waals surface area contributed by atoms with Crippen molar-refractivity contribution in [1.82, 2.24) is 5.32 Å². The van der Waals surface area contributed by atoms with Crippen molar-refractivity contribution in [2.24, 2.45) is 0 Å². The number of hydrogen-bond acceptors (Lipinski definition) is 4. The first-order chi connectivity index (χ1) is 16.9. The molecule has 0 aliphatic heterocycles. The zero-order chi connectivity index (χ0) is 25.2. The highest BCUT2D eigenvalue weighted by Crippen LogP contribution is 2.36. The van der Waals surface area contributed by atoms with Gasteiger partial charge in [0, 0.05) is 13.5 Å². The molecule has 5 heteroatoms. The van der Waals surface area contributed by atoms with E-state index in [1.54, 1.807) is 31.3 Å². The fraction of sp³-hybridized carbons (Fsp3) is 0.300. The molecule has 184 valence electrons. The quantitative estimate of drug-likeness (QED) is 0.218. The van der Waals surface area contributed by atoms with E-state index >= 15 is 0 Å². The molecule has 0 aromatic heterocycles. The van der Waals surface area contributed by atoms with Gasteiger partial charge in [0.05, 0.1) is 6.10 Å². The van der Waals surface area contributed by atoms with Crippen LogP contribution in [0.1, 0.15) is 62.6 Å². The Hall–Kier alpha value is -3.73. The largest absolute Gasteiger partial charge is 0.508 e. The lowest BCUT2D eigenvalue weighted by atomic mass is 9.88. The van der Waals surface area contributed by atoms with E-state index in [-0.39, 0.29) is 23.5 Å². The minimum atomic E-state index is 0.0563. The Bertz CT molecular complexity index is 1120. The molecule has 3 rings (SSSR count). The fourth-order valence-electron chi connectivity index (χ4n) is 4.16. The molecular weight excluding hydrogens is 438 g/mol. The van der Waals surface area contributed by atoms with E-state index in [9.17, 15) is 15.0 Å². The molecule has 0 saturated heterocycles. The van der Waals surface area contributed by atoms with Gasteiger partial charge in [0.25, 0.3) is 0 Å². The number of allylic oxidation sites excluding steroid dienone is 1. The third kappa shape index (κ3) is 7.38. The molecule has 0 aliphatic carbocycles. The maximum atomic E-state index is 11.4. The second-order valence-electron chi connectivity index (χ2n) is 8.67. The molecule has 0 bridgehead atoms. The van der Waals surface area contributed by atoms with E-state index in [0.717, 1.165) is 59.3 Å². The van der Waals surface area contributed by atoms with E-state index in [4.69, 9.17) is 4.74 Å². The van der Waals surface area contributed by atoms with Crippen LogP contribution in [-0.2, 0) is 4.79 Å². The maximum absolute atomic E-state index is 11.4. The van der Waals surface area contributed by atoms with E-state index in [1.807, 2.05) is 36.4 Å². The summed E-state index contributed by atoms with van der Waals surface area (Å²) in [7, 11) is 1.66. The van der Waals surface area contributed by atoms with E-state index in [0.29, 0.717) is 6.42 Å². The van der Waals surface area contributed by atoms with Crippen molar-refractivity contribution in [3.8, 4) is 17.2 Å². The number of carbonyl (C=O) groups excluding carboxylic acids is 1. The molecule has 1 atom stereocenters. The van der Waals surface area contributed by atoms with Crippen LogP contribution in [0, 0.1) is 0 Å². The number of rotatable bonds is 11. The van der Waals surface area contributed by atoms with Crippen LogP contribution in [0.15, 0.2) is 72.8 Å². The molecule has 1 amide bonds. The monoisotopic (exact) mass is 473 g/mol. The molecule has 1 unspecified atom stereocenters. The Kier molecular flexibility index (Phi) is 9.36. The number of phenols is 2. The van der Waals surface area contributed by atoms with Crippen molar-refractivity contribution >= 4 is 17.1 Å². The third-order valence-electron chi connectivity index (χ3n) is 6.05. The molecular formula is C30H35NO4. The van der Waals surface area contributed by atoms with Crippen LogP contribution in [0.5, 0.6) is 17.2 Å². The molecule has 0 aliphatic rings. The summed E-state index contributed by atoms with van der Waals surface area (Å²) >= 11 is 0. The van der Waals surface area contributed by atoms with Crippen LogP contribution >= 0.6 is 0 Å². The van der Waals surface area contributed by atoms with Crippen molar-refractivity contribution in [2.75, 3.05) is 7.05 Å². The summed E-state index contributed by atoms with van der Waals surface area (Å²) in [5.41, 5.74) is 5.32. The minimum Gasteiger partial charge on any atom is -0.508 e. The van der Waals surface area contributed by atoms with Gasteiger partial charge in [-0.2, -0.15) is 0 Å². The van der Waals surface area contributed by atoms with Crippen molar-refractivity contribution in [2.45, 2.75) is 52.1 Å². The fourth-order valence-corrected chi connectivity index (χ4v) is 4.16. The van der Waals surface area contributed by atoms with Gasteiger partial charge in [-0.25, -0.2) is 0 Å². The van der Waals surface area contributed by atoms with Crippen LogP contribution in [0.25, 0.3) is 11.1 Å². The van der Waals surface area contributed by atoms with Gasteiger partial charge in [-0.15, -0.1) is 0 Å². The smallest absolute Gasteiger partial charge is 0.219 e. The Morgan fingerprint density at radius 1 is 0.829 bits per heavy atom. The number of ether oxygens (including phenoxy) is 1. The molecule has 0 radical (unpaired) electrons. The summed E-state index contributed by atoms with van der Waals surface area (Å²) < 4.78 is 6.11. The van der Waals surface area contributed by atoms with Crippen molar-refractivity contribution in [1.29, 1.82) is 0 Å². The van der Waals surface area contributed by atoms with Crippen LogP contribution < -0.4 is 10.1 Å². The van der Waals surface area contributed by atoms with Crippen LogP contribution in [0.4, 0.5) is 0 Å². The Balaban J connectivity index is 1.83. The normalized spacial score (nSPS) is 12.5. The highest BCUT2D eigenvalue weighted by molar-refractivity contribution is 5.98. The molecule has 35 heavy (non-hydrogen) atoms. The molecule has 3 N–H and O–H groups in total. The number of amides is 1. The van der Waals surface area contributed by atoms with Gasteiger partial charge in [-0.05, 0) is 96.8 Å². The highest BCUT2D eigenvalue weighted by atomic mass is 16.5. The zero-order valence-corrected chi connectivity index (χ0v) is 20.8. The van der Waals surface area contributed by atoms with Gasteiger partial charge in [-0.1, -0.05) is 43.3 Å². The summed E-state index contributed by atoms with van der Waals surface area (Å²) in [5, 5.41) is 22.2. The van der Waals surface area contributed by atoms with Gasteiger partial charge < -0.3 is 20.3 Å². The zero-order valence-electron chi connectivity index (χ0n) is 20.8. The summed E-state index contributed by atoms with van der Waals surface area (Å²) in [6.07, 6.45) is 4.08. The SMILES string of the molecule is CC/C(=C(/c1ccc(O)cc1)c1ccc(OC(C)CCCCC(=O)NC)cc1)c1ccc(O)cc1. The number of hydrogen-bond donors (Lipinski definition) is 3.